The van der Waals surface area contributed by atoms with Crippen LogP contribution in [0, 0.1) is 0 Å². The molecule has 20 heavy (non-hydrogen) atoms. The van der Waals surface area contributed by atoms with Crippen LogP contribution in [0.4, 0.5) is 0 Å². The van der Waals surface area contributed by atoms with Crippen LogP contribution in [0.15, 0.2) is 28.2 Å². The average Bonchev–Trinajstić information content (AvgIpc) is 3.12. The van der Waals surface area contributed by atoms with E-state index in [1.807, 2.05) is 17.5 Å². The molecule has 1 unspecified atom stereocenters. The normalized spacial score (nSPS) is 12.3. The Labute approximate surface area is 125 Å². The van der Waals surface area contributed by atoms with Crippen LogP contribution in [0.5, 0.6) is 0 Å². The number of esters is 1. The molecule has 5 nitrogen and oxygen atoms in total. The molecule has 2 heterocycles. The minimum Gasteiger partial charge on any atom is -0.468 e. The summed E-state index contributed by atoms with van der Waals surface area (Å²) in [5.41, 5.74) is 6.55. The lowest BCUT2D eigenvalue weighted by Crippen LogP contribution is -2.31. The van der Waals surface area contributed by atoms with Gasteiger partial charge in [-0.1, -0.05) is 6.07 Å². The quantitative estimate of drug-likeness (QED) is 0.625. The number of carbonyl (C=O) groups excluding carboxylic acids is 1. The molecule has 0 saturated heterocycles. The van der Waals surface area contributed by atoms with Gasteiger partial charge in [0.15, 0.2) is 0 Å². The second-order valence-electron chi connectivity index (χ2n) is 4.09. The molecule has 0 spiro atoms. The molecule has 0 aliphatic carbocycles. The van der Waals surface area contributed by atoms with Crippen molar-refractivity contribution in [2.75, 3.05) is 12.9 Å². The summed E-state index contributed by atoms with van der Waals surface area (Å²) in [7, 11) is 1.34. The van der Waals surface area contributed by atoms with Crippen LogP contribution < -0.4 is 5.73 Å². The number of nitrogens with zero attached hydrogens (tertiary/aromatic N) is 1. The molecule has 2 aromatic heterocycles. The van der Waals surface area contributed by atoms with E-state index in [2.05, 4.69) is 9.72 Å². The van der Waals surface area contributed by atoms with Gasteiger partial charge in [0.2, 0.25) is 5.89 Å². The maximum absolute atomic E-state index is 11.1. The van der Waals surface area contributed by atoms with Crippen LogP contribution in [0.3, 0.4) is 0 Å². The number of ether oxygens (including phenoxy) is 1. The van der Waals surface area contributed by atoms with E-state index in [4.69, 9.17) is 10.2 Å². The highest BCUT2D eigenvalue weighted by Crippen LogP contribution is 2.24. The molecule has 2 N–H and O–H groups in total. The maximum Gasteiger partial charge on any atom is 0.322 e. The number of thioether (sulfide) groups is 1. The van der Waals surface area contributed by atoms with Crippen LogP contribution in [0.1, 0.15) is 12.1 Å². The number of hydrogen-bond donors (Lipinski definition) is 1. The van der Waals surface area contributed by atoms with E-state index in [1.54, 1.807) is 29.4 Å². The van der Waals surface area contributed by atoms with E-state index >= 15 is 0 Å². The zero-order valence-electron chi connectivity index (χ0n) is 11.1. The third kappa shape index (κ3) is 4.09. The van der Waals surface area contributed by atoms with E-state index in [0.717, 1.165) is 22.1 Å². The van der Waals surface area contributed by atoms with Crippen LogP contribution in [-0.2, 0) is 15.3 Å². The summed E-state index contributed by atoms with van der Waals surface area (Å²) in [5.74, 6) is 1.80. The Morgan fingerprint density at radius 3 is 3.20 bits per heavy atom. The monoisotopic (exact) mass is 312 g/mol. The Hall–Kier alpha value is -1.31. The van der Waals surface area contributed by atoms with Gasteiger partial charge in [-0.15, -0.1) is 11.3 Å². The van der Waals surface area contributed by atoms with Gasteiger partial charge < -0.3 is 14.9 Å². The summed E-state index contributed by atoms with van der Waals surface area (Å²) in [6, 6.07) is 3.39. The fraction of sp³-hybridized carbons (Fsp3) is 0.385. The van der Waals surface area contributed by atoms with Crippen molar-refractivity contribution in [3.63, 3.8) is 0 Å². The predicted molar refractivity (Wildman–Crippen MR) is 80.6 cm³/mol. The first-order chi connectivity index (χ1) is 9.70. The Kier molecular flexibility index (Phi) is 5.63. The van der Waals surface area contributed by atoms with Crippen molar-refractivity contribution < 1.29 is 13.9 Å². The molecule has 0 saturated carbocycles. The Bertz CT molecular complexity index is 540. The van der Waals surface area contributed by atoms with E-state index in [1.165, 1.54) is 7.11 Å². The number of thiophene rings is 1. The maximum atomic E-state index is 11.1. The largest absolute Gasteiger partial charge is 0.468 e. The van der Waals surface area contributed by atoms with Crippen molar-refractivity contribution in [2.24, 2.45) is 5.73 Å². The molecule has 0 amide bonds. The number of methoxy groups -OCH3 is 1. The Morgan fingerprint density at radius 1 is 1.65 bits per heavy atom. The third-order valence-corrected chi connectivity index (χ3v) is 4.49. The summed E-state index contributed by atoms with van der Waals surface area (Å²) in [5, 5.41) is 1.99. The Balaban J connectivity index is 1.74. The summed E-state index contributed by atoms with van der Waals surface area (Å²) >= 11 is 3.26. The number of oxazole rings is 1. The van der Waals surface area contributed by atoms with Crippen molar-refractivity contribution >= 4 is 29.1 Å². The molecule has 0 bridgehead atoms. The molecular weight excluding hydrogens is 296 g/mol. The number of hydrogen-bond acceptors (Lipinski definition) is 7. The van der Waals surface area contributed by atoms with Gasteiger partial charge in [0.25, 0.3) is 0 Å². The lowest BCUT2D eigenvalue weighted by Gasteiger charge is -2.07. The highest BCUT2D eigenvalue weighted by Gasteiger charge is 2.13. The summed E-state index contributed by atoms with van der Waals surface area (Å²) in [6.07, 6.45) is 2.26. The van der Waals surface area contributed by atoms with Gasteiger partial charge in [0, 0.05) is 5.75 Å². The summed E-state index contributed by atoms with van der Waals surface area (Å²) in [4.78, 5) is 16.6. The highest BCUT2D eigenvalue weighted by atomic mass is 32.2. The lowest BCUT2D eigenvalue weighted by atomic mass is 10.2. The lowest BCUT2D eigenvalue weighted by molar-refractivity contribution is -0.142. The molecule has 108 valence electrons. The molecule has 0 aromatic carbocycles. The smallest absolute Gasteiger partial charge is 0.322 e. The minimum absolute atomic E-state index is 0.369. The predicted octanol–water partition coefficient (Wildman–Crippen LogP) is 2.53. The molecule has 7 heteroatoms. The van der Waals surface area contributed by atoms with Crippen molar-refractivity contribution in [3.05, 3.63) is 29.5 Å². The number of nitrogens with two attached hydrogens (primary N) is 1. The number of carbonyl (C=O) groups is 1. The molecular formula is C13H16N2O3S2. The summed E-state index contributed by atoms with van der Waals surface area (Å²) in [6.45, 7) is 0. The molecule has 0 aliphatic heterocycles. The second kappa shape index (κ2) is 7.47. The fourth-order valence-corrected chi connectivity index (χ4v) is 3.11. The highest BCUT2D eigenvalue weighted by molar-refractivity contribution is 7.98. The topological polar surface area (TPSA) is 78.4 Å². The van der Waals surface area contributed by atoms with Gasteiger partial charge in [0.05, 0.1) is 17.7 Å². The molecule has 2 rings (SSSR count). The molecule has 1 atom stereocenters. The number of aromatic nitrogens is 1. The average molecular weight is 312 g/mol. The van der Waals surface area contributed by atoms with Gasteiger partial charge in [0.1, 0.15) is 12.3 Å². The van der Waals surface area contributed by atoms with E-state index in [9.17, 15) is 4.79 Å². The van der Waals surface area contributed by atoms with Crippen LogP contribution in [0.25, 0.3) is 10.8 Å². The van der Waals surface area contributed by atoms with Gasteiger partial charge >= 0.3 is 5.97 Å². The van der Waals surface area contributed by atoms with E-state index < -0.39 is 6.04 Å². The van der Waals surface area contributed by atoms with Crippen molar-refractivity contribution in [1.29, 1.82) is 0 Å². The zero-order chi connectivity index (χ0) is 14.4. The summed E-state index contributed by atoms with van der Waals surface area (Å²) < 4.78 is 10.0. The third-order valence-electron chi connectivity index (χ3n) is 2.61. The first-order valence-corrected chi connectivity index (χ1v) is 8.13. The minimum atomic E-state index is -0.550. The van der Waals surface area contributed by atoms with Crippen molar-refractivity contribution in [1.82, 2.24) is 4.98 Å². The van der Waals surface area contributed by atoms with E-state index in [-0.39, 0.29) is 5.97 Å². The molecule has 0 aliphatic rings. The van der Waals surface area contributed by atoms with Gasteiger partial charge in [-0.05, 0) is 23.6 Å². The van der Waals surface area contributed by atoms with Crippen LogP contribution in [0.2, 0.25) is 0 Å². The van der Waals surface area contributed by atoms with Crippen LogP contribution in [-0.4, -0.2) is 29.9 Å². The molecule has 0 fully saturated rings. The zero-order valence-corrected chi connectivity index (χ0v) is 12.7. The van der Waals surface area contributed by atoms with E-state index in [0.29, 0.717) is 12.3 Å². The molecule has 0 radical (unpaired) electrons. The second-order valence-corrected chi connectivity index (χ2v) is 6.15. The Morgan fingerprint density at radius 2 is 2.50 bits per heavy atom. The number of rotatable bonds is 7. The van der Waals surface area contributed by atoms with Gasteiger partial charge in [-0.25, -0.2) is 4.98 Å². The van der Waals surface area contributed by atoms with Gasteiger partial charge in [-0.3, -0.25) is 4.79 Å². The SMILES string of the molecule is COC(=O)C(N)CCSCc1coc(-c2cccs2)n1. The fourth-order valence-electron chi connectivity index (χ4n) is 1.54. The first kappa shape index (κ1) is 15.1. The first-order valence-electron chi connectivity index (χ1n) is 6.10. The van der Waals surface area contributed by atoms with Crippen LogP contribution >= 0.6 is 23.1 Å². The van der Waals surface area contributed by atoms with Crippen molar-refractivity contribution in [2.45, 2.75) is 18.2 Å². The standard InChI is InChI=1S/C13H16N2O3S2/c1-17-13(16)10(14)4-6-19-8-9-7-18-12(15-9)11-3-2-5-20-11/h2-3,5,7,10H,4,6,8,14H2,1H3. The molecule has 2 aromatic rings. The van der Waals surface area contributed by atoms with Crippen molar-refractivity contribution in [3.8, 4) is 10.8 Å². The van der Waals surface area contributed by atoms with Gasteiger partial charge in [-0.2, -0.15) is 11.8 Å².